The first-order chi connectivity index (χ1) is 14.1. The minimum atomic E-state index is 0.341. The molecule has 5 nitrogen and oxygen atoms in total. The number of aryl methyl sites for hydroxylation is 2. The second-order valence-electron chi connectivity index (χ2n) is 8.67. The lowest BCUT2D eigenvalue weighted by atomic mass is 9.86. The summed E-state index contributed by atoms with van der Waals surface area (Å²) in [5.74, 6) is 1.85. The molecule has 2 heterocycles. The third-order valence-corrected chi connectivity index (χ3v) is 6.45. The van der Waals surface area contributed by atoms with Crippen LogP contribution in [-0.2, 0) is 4.79 Å². The molecule has 2 fully saturated rings. The second-order valence-corrected chi connectivity index (χ2v) is 8.67. The van der Waals surface area contributed by atoms with E-state index in [9.17, 15) is 4.79 Å². The monoisotopic (exact) mass is 392 g/mol. The molecule has 29 heavy (non-hydrogen) atoms. The van der Waals surface area contributed by atoms with Gasteiger partial charge in [0.1, 0.15) is 0 Å². The van der Waals surface area contributed by atoms with E-state index < -0.39 is 0 Å². The predicted molar refractivity (Wildman–Crippen MR) is 117 cm³/mol. The summed E-state index contributed by atoms with van der Waals surface area (Å²) in [6.07, 6.45) is 7.13. The molecule has 1 saturated heterocycles. The van der Waals surface area contributed by atoms with E-state index in [1.54, 1.807) is 0 Å². The average molecular weight is 393 g/mol. The standard InChI is InChI=1S/C24H32N4O/c1-18-8-9-21(19(2)16-18)22-10-11-23(26-25-22)27-12-14-28(15-13-27)24(29)17-20-6-4-3-5-7-20/h8-11,16,20H,3-7,12-15,17H2,1-2H3. The van der Waals surface area contributed by atoms with Gasteiger partial charge in [-0.05, 0) is 50.3 Å². The van der Waals surface area contributed by atoms with Crippen LogP contribution in [0.15, 0.2) is 30.3 Å². The van der Waals surface area contributed by atoms with Crippen LogP contribution in [0.4, 0.5) is 5.82 Å². The molecular formula is C24H32N4O. The summed E-state index contributed by atoms with van der Waals surface area (Å²) >= 11 is 0. The molecule has 1 aliphatic heterocycles. The van der Waals surface area contributed by atoms with Crippen LogP contribution in [0.2, 0.25) is 0 Å². The van der Waals surface area contributed by atoms with E-state index in [0.29, 0.717) is 11.8 Å². The van der Waals surface area contributed by atoms with Crippen LogP contribution in [0.5, 0.6) is 0 Å². The maximum absolute atomic E-state index is 12.6. The summed E-state index contributed by atoms with van der Waals surface area (Å²) in [6.45, 7) is 7.44. The molecule has 154 valence electrons. The van der Waals surface area contributed by atoms with E-state index >= 15 is 0 Å². The first-order valence-electron chi connectivity index (χ1n) is 11.0. The number of amides is 1. The zero-order valence-electron chi connectivity index (χ0n) is 17.7. The second kappa shape index (κ2) is 8.93. The molecular weight excluding hydrogens is 360 g/mol. The van der Waals surface area contributed by atoms with E-state index in [-0.39, 0.29) is 0 Å². The third-order valence-electron chi connectivity index (χ3n) is 6.45. The summed E-state index contributed by atoms with van der Waals surface area (Å²) in [4.78, 5) is 16.9. The SMILES string of the molecule is Cc1ccc(-c2ccc(N3CCN(C(=O)CC4CCCCC4)CC3)nn2)c(C)c1. The summed E-state index contributed by atoms with van der Waals surface area (Å²) in [7, 11) is 0. The first kappa shape index (κ1) is 19.9. The Labute approximate surface area is 174 Å². The predicted octanol–water partition coefficient (Wildman–Crippen LogP) is 4.38. The molecule has 2 aromatic rings. The Balaban J connectivity index is 1.33. The zero-order valence-corrected chi connectivity index (χ0v) is 17.7. The minimum Gasteiger partial charge on any atom is -0.352 e. The van der Waals surface area contributed by atoms with Crippen LogP contribution < -0.4 is 4.90 Å². The molecule has 1 aromatic heterocycles. The van der Waals surface area contributed by atoms with Crippen molar-refractivity contribution in [3.05, 3.63) is 41.5 Å². The zero-order chi connectivity index (χ0) is 20.2. The molecule has 1 aromatic carbocycles. The third kappa shape index (κ3) is 4.77. The van der Waals surface area contributed by atoms with Gasteiger partial charge in [-0.1, -0.05) is 43.0 Å². The molecule has 0 radical (unpaired) electrons. The van der Waals surface area contributed by atoms with Crippen LogP contribution in [-0.4, -0.2) is 47.2 Å². The van der Waals surface area contributed by atoms with Gasteiger partial charge in [0, 0.05) is 38.2 Å². The van der Waals surface area contributed by atoms with Crippen LogP contribution >= 0.6 is 0 Å². The van der Waals surface area contributed by atoms with Crippen molar-refractivity contribution in [1.82, 2.24) is 15.1 Å². The fourth-order valence-electron chi connectivity index (χ4n) is 4.69. The summed E-state index contributed by atoms with van der Waals surface area (Å²) in [6, 6.07) is 10.5. The van der Waals surface area contributed by atoms with E-state index in [4.69, 9.17) is 0 Å². The Morgan fingerprint density at radius 1 is 0.966 bits per heavy atom. The molecule has 5 heteroatoms. The van der Waals surface area contributed by atoms with Gasteiger partial charge in [-0.3, -0.25) is 4.79 Å². The van der Waals surface area contributed by atoms with E-state index in [2.05, 4.69) is 59.3 Å². The largest absolute Gasteiger partial charge is 0.352 e. The van der Waals surface area contributed by atoms with Crippen LogP contribution in [0.1, 0.15) is 49.7 Å². The number of carbonyl (C=O) groups excluding carboxylic acids is 1. The normalized spacial score (nSPS) is 18.1. The van der Waals surface area contributed by atoms with E-state index in [1.807, 2.05) is 4.90 Å². The van der Waals surface area contributed by atoms with Gasteiger partial charge in [0.05, 0.1) is 5.69 Å². The van der Waals surface area contributed by atoms with Gasteiger partial charge in [-0.15, -0.1) is 10.2 Å². The van der Waals surface area contributed by atoms with Gasteiger partial charge >= 0.3 is 0 Å². The lowest BCUT2D eigenvalue weighted by Crippen LogP contribution is -2.49. The van der Waals surface area contributed by atoms with Crippen molar-refractivity contribution in [3.63, 3.8) is 0 Å². The fourth-order valence-corrected chi connectivity index (χ4v) is 4.69. The van der Waals surface area contributed by atoms with Crippen molar-refractivity contribution < 1.29 is 4.79 Å². The van der Waals surface area contributed by atoms with Crippen molar-refractivity contribution in [2.45, 2.75) is 52.4 Å². The number of hydrogen-bond acceptors (Lipinski definition) is 4. The highest BCUT2D eigenvalue weighted by Gasteiger charge is 2.25. The quantitative estimate of drug-likeness (QED) is 0.775. The number of rotatable bonds is 4. The maximum Gasteiger partial charge on any atom is 0.222 e. The van der Waals surface area contributed by atoms with E-state index in [1.165, 1.54) is 43.2 Å². The van der Waals surface area contributed by atoms with Gasteiger partial charge in [0.15, 0.2) is 5.82 Å². The number of piperazine rings is 1. The molecule has 4 rings (SSSR count). The summed E-state index contributed by atoms with van der Waals surface area (Å²) in [5, 5.41) is 8.95. The lowest BCUT2D eigenvalue weighted by Gasteiger charge is -2.36. The van der Waals surface area contributed by atoms with Gasteiger partial charge in [0.25, 0.3) is 0 Å². The molecule has 0 N–H and O–H groups in total. The highest BCUT2D eigenvalue weighted by molar-refractivity contribution is 5.76. The van der Waals surface area contributed by atoms with Gasteiger partial charge in [0.2, 0.25) is 5.91 Å². The summed E-state index contributed by atoms with van der Waals surface area (Å²) in [5.41, 5.74) is 4.52. The molecule has 0 spiro atoms. The highest BCUT2D eigenvalue weighted by atomic mass is 16.2. The smallest absolute Gasteiger partial charge is 0.222 e. The minimum absolute atomic E-state index is 0.341. The van der Waals surface area contributed by atoms with Gasteiger partial charge in [-0.2, -0.15) is 0 Å². The molecule has 0 bridgehead atoms. The van der Waals surface area contributed by atoms with Crippen molar-refractivity contribution in [2.24, 2.45) is 5.92 Å². The number of anilines is 1. The Kier molecular flexibility index (Phi) is 6.12. The van der Waals surface area contributed by atoms with Crippen LogP contribution in [0.25, 0.3) is 11.3 Å². The van der Waals surface area contributed by atoms with Crippen LogP contribution in [0, 0.1) is 19.8 Å². The Morgan fingerprint density at radius 3 is 2.38 bits per heavy atom. The lowest BCUT2D eigenvalue weighted by molar-refractivity contribution is -0.132. The highest BCUT2D eigenvalue weighted by Crippen LogP contribution is 2.27. The van der Waals surface area contributed by atoms with Gasteiger partial charge in [-0.25, -0.2) is 0 Å². The number of hydrogen-bond donors (Lipinski definition) is 0. The molecule has 1 aliphatic carbocycles. The van der Waals surface area contributed by atoms with Crippen molar-refractivity contribution in [2.75, 3.05) is 31.1 Å². The average Bonchev–Trinajstić information content (AvgIpc) is 2.75. The number of aromatic nitrogens is 2. The van der Waals surface area contributed by atoms with Gasteiger partial charge < -0.3 is 9.80 Å². The molecule has 1 amide bonds. The number of benzene rings is 1. The topological polar surface area (TPSA) is 49.3 Å². The fraction of sp³-hybridized carbons (Fsp3) is 0.542. The summed E-state index contributed by atoms with van der Waals surface area (Å²) < 4.78 is 0. The van der Waals surface area contributed by atoms with Crippen molar-refractivity contribution in [1.29, 1.82) is 0 Å². The number of carbonyl (C=O) groups is 1. The van der Waals surface area contributed by atoms with Crippen molar-refractivity contribution in [3.8, 4) is 11.3 Å². The maximum atomic E-state index is 12.6. The molecule has 1 saturated carbocycles. The van der Waals surface area contributed by atoms with E-state index in [0.717, 1.165) is 49.7 Å². The Bertz CT molecular complexity index is 834. The molecule has 0 unspecified atom stereocenters. The van der Waals surface area contributed by atoms with Crippen molar-refractivity contribution >= 4 is 11.7 Å². The Morgan fingerprint density at radius 2 is 1.72 bits per heavy atom. The first-order valence-corrected chi connectivity index (χ1v) is 11.0. The Hall–Kier alpha value is -2.43. The van der Waals surface area contributed by atoms with Crippen LogP contribution in [0.3, 0.4) is 0 Å². The molecule has 2 aliphatic rings. The molecule has 0 atom stereocenters. The number of nitrogens with zero attached hydrogens (tertiary/aromatic N) is 4.